The molecule has 0 saturated carbocycles. The van der Waals surface area contributed by atoms with Gasteiger partial charge in [-0.2, -0.15) is 4.31 Å². The molecule has 1 N–H and O–H groups in total. The average molecular weight is 378 g/mol. The second-order valence-electron chi connectivity index (χ2n) is 6.09. The van der Waals surface area contributed by atoms with E-state index in [-0.39, 0.29) is 18.9 Å². The van der Waals surface area contributed by atoms with Crippen LogP contribution in [0, 0.1) is 5.82 Å². The first-order chi connectivity index (χ1) is 12.3. The SMILES string of the molecule is CC(c1ccccc1)N(CC(=O)NCCc1ccccc1F)S(C)(=O)=O. The molecule has 2 rings (SSSR count). The number of carbonyl (C=O) groups is 1. The largest absolute Gasteiger partial charge is 0.355 e. The zero-order valence-corrected chi connectivity index (χ0v) is 15.7. The van der Waals surface area contributed by atoms with Crippen LogP contribution in [-0.2, 0) is 21.2 Å². The first-order valence-corrected chi connectivity index (χ1v) is 10.2. The van der Waals surface area contributed by atoms with E-state index in [9.17, 15) is 17.6 Å². The highest BCUT2D eigenvalue weighted by Gasteiger charge is 2.26. The van der Waals surface area contributed by atoms with Gasteiger partial charge in [0.2, 0.25) is 15.9 Å². The summed E-state index contributed by atoms with van der Waals surface area (Å²) in [5.74, 6) is -0.744. The Morgan fingerprint density at radius 1 is 1.12 bits per heavy atom. The van der Waals surface area contributed by atoms with Gasteiger partial charge in [0.1, 0.15) is 5.82 Å². The molecule has 0 radical (unpaired) electrons. The van der Waals surface area contributed by atoms with Crippen LogP contribution < -0.4 is 5.32 Å². The number of carbonyl (C=O) groups excluding carboxylic acids is 1. The maximum Gasteiger partial charge on any atom is 0.235 e. The molecule has 0 fully saturated rings. The Hall–Kier alpha value is -2.25. The second-order valence-corrected chi connectivity index (χ2v) is 8.02. The maximum atomic E-state index is 13.6. The average Bonchev–Trinajstić information content (AvgIpc) is 2.60. The van der Waals surface area contributed by atoms with Crippen molar-refractivity contribution in [2.24, 2.45) is 0 Å². The number of rotatable bonds is 8. The number of hydrogen-bond acceptors (Lipinski definition) is 3. The fourth-order valence-corrected chi connectivity index (χ4v) is 3.72. The predicted octanol–water partition coefficient (Wildman–Crippen LogP) is 2.51. The Balaban J connectivity index is 1.98. The van der Waals surface area contributed by atoms with Crippen LogP contribution in [0.25, 0.3) is 0 Å². The zero-order valence-electron chi connectivity index (χ0n) is 14.9. The van der Waals surface area contributed by atoms with Crippen LogP contribution >= 0.6 is 0 Å². The number of benzene rings is 2. The van der Waals surface area contributed by atoms with Gasteiger partial charge in [-0.25, -0.2) is 12.8 Å². The summed E-state index contributed by atoms with van der Waals surface area (Å²) < 4.78 is 39.0. The van der Waals surface area contributed by atoms with Crippen molar-refractivity contribution in [2.45, 2.75) is 19.4 Å². The molecule has 2 aromatic carbocycles. The van der Waals surface area contributed by atoms with Gasteiger partial charge in [-0.3, -0.25) is 4.79 Å². The fourth-order valence-electron chi connectivity index (χ4n) is 2.67. The van der Waals surface area contributed by atoms with E-state index in [1.165, 1.54) is 6.07 Å². The van der Waals surface area contributed by atoms with E-state index in [0.29, 0.717) is 12.0 Å². The third-order valence-electron chi connectivity index (χ3n) is 4.11. The van der Waals surface area contributed by atoms with Crippen LogP contribution in [0.15, 0.2) is 54.6 Å². The van der Waals surface area contributed by atoms with E-state index < -0.39 is 22.0 Å². The summed E-state index contributed by atoms with van der Waals surface area (Å²) in [7, 11) is -3.58. The molecule has 0 aromatic heterocycles. The lowest BCUT2D eigenvalue weighted by molar-refractivity contribution is -0.121. The van der Waals surface area contributed by atoms with Crippen molar-refractivity contribution in [1.29, 1.82) is 0 Å². The van der Waals surface area contributed by atoms with E-state index in [0.717, 1.165) is 16.1 Å². The van der Waals surface area contributed by atoms with E-state index in [2.05, 4.69) is 5.32 Å². The third-order valence-corrected chi connectivity index (χ3v) is 5.41. The van der Waals surface area contributed by atoms with Crippen LogP contribution in [0.4, 0.5) is 4.39 Å². The highest BCUT2D eigenvalue weighted by Crippen LogP contribution is 2.22. The summed E-state index contributed by atoms with van der Waals surface area (Å²) >= 11 is 0. The molecule has 7 heteroatoms. The molecule has 2 aromatic rings. The van der Waals surface area contributed by atoms with Gasteiger partial charge in [0.15, 0.2) is 0 Å². The molecule has 140 valence electrons. The Kier molecular flexibility index (Phi) is 6.88. The zero-order chi connectivity index (χ0) is 19.2. The Labute approximate surface area is 153 Å². The molecule has 26 heavy (non-hydrogen) atoms. The number of sulfonamides is 1. The minimum absolute atomic E-state index is 0.233. The number of nitrogens with zero attached hydrogens (tertiary/aromatic N) is 1. The molecule has 0 saturated heterocycles. The van der Waals surface area contributed by atoms with E-state index in [1.54, 1.807) is 25.1 Å². The number of nitrogens with one attached hydrogen (secondary N) is 1. The molecule has 0 aliphatic heterocycles. The molecule has 0 spiro atoms. The van der Waals surface area contributed by atoms with Crippen LogP contribution in [0.3, 0.4) is 0 Å². The lowest BCUT2D eigenvalue weighted by atomic mass is 10.1. The van der Waals surface area contributed by atoms with Gasteiger partial charge in [-0.05, 0) is 30.5 Å². The van der Waals surface area contributed by atoms with Crippen LogP contribution in [0.1, 0.15) is 24.1 Å². The molecule has 0 aliphatic carbocycles. The lowest BCUT2D eigenvalue weighted by Gasteiger charge is -2.26. The minimum atomic E-state index is -3.58. The minimum Gasteiger partial charge on any atom is -0.355 e. The Morgan fingerprint density at radius 3 is 2.35 bits per heavy atom. The van der Waals surface area contributed by atoms with Crippen molar-refractivity contribution >= 4 is 15.9 Å². The van der Waals surface area contributed by atoms with Gasteiger partial charge in [-0.1, -0.05) is 48.5 Å². The standard InChI is InChI=1S/C19H23FN2O3S/c1-15(16-8-4-3-5-9-16)22(26(2,24)25)14-19(23)21-13-12-17-10-6-7-11-18(17)20/h3-11,15H,12-14H2,1-2H3,(H,21,23). The van der Waals surface area contributed by atoms with Crippen molar-refractivity contribution in [3.8, 4) is 0 Å². The number of amides is 1. The molecule has 0 bridgehead atoms. The maximum absolute atomic E-state index is 13.6. The molecule has 0 aliphatic rings. The molecule has 5 nitrogen and oxygen atoms in total. The topological polar surface area (TPSA) is 66.5 Å². The van der Waals surface area contributed by atoms with Crippen LogP contribution in [0.2, 0.25) is 0 Å². The Morgan fingerprint density at radius 2 is 1.73 bits per heavy atom. The Bertz CT molecular complexity index is 841. The molecule has 1 unspecified atom stereocenters. The van der Waals surface area contributed by atoms with Gasteiger partial charge in [0, 0.05) is 12.6 Å². The monoisotopic (exact) mass is 378 g/mol. The highest BCUT2D eigenvalue weighted by atomic mass is 32.2. The smallest absolute Gasteiger partial charge is 0.235 e. The van der Waals surface area contributed by atoms with Crippen molar-refractivity contribution < 1.29 is 17.6 Å². The summed E-state index contributed by atoms with van der Waals surface area (Å²) in [4.78, 5) is 12.2. The normalized spacial score (nSPS) is 12.8. The van der Waals surface area contributed by atoms with Crippen LogP contribution in [0.5, 0.6) is 0 Å². The van der Waals surface area contributed by atoms with Gasteiger partial charge in [-0.15, -0.1) is 0 Å². The second kappa shape index (κ2) is 8.91. The first-order valence-electron chi connectivity index (χ1n) is 8.31. The van der Waals surface area contributed by atoms with E-state index in [1.807, 2.05) is 30.3 Å². The first kappa shape index (κ1) is 20.1. The molecular weight excluding hydrogens is 355 g/mol. The van der Waals surface area contributed by atoms with Gasteiger partial charge in [0.05, 0.1) is 12.8 Å². The summed E-state index contributed by atoms with van der Waals surface area (Å²) in [6.07, 6.45) is 1.42. The van der Waals surface area contributed by atoms with Crippen molar-refractivity contribution in [2.75, 3.05) is 19.3 Å². The van der Waals surface area contributed by atoms with Crippen LogP contribution in [-0.4, -0.2) is 38.0 Å². The van der Waals surface area contributed by atoms with Crippen molar-refractivity contribution in [3.63, 3.8) is 0 Å². The molecule has 1 atom stereocenters. The quantitative estimate of drug-likeness (QED) is 0.768. The molecule has 0 heterocycles. The van der Waals surface area contributed by atoms with E-state index >= 15 is 0 Å². The molecular formula is C19H23FN2O3S. The van der Waals surface area contributed by atoms with Crippen molar-refractivity contribution in [3.05, 3.63) is 71.5 Å². The molecule has 1 amide bonds. The summed E-state index contributed by atoms with van der Waals surface area (Å²) in [6, 6.07) is 15.0. The predicted molar refractivity (Wildman–Crippen MR) is 99.5 cm³/mol. The lowest BCUT2D eigenvalue weighted by Crippen LogP contribution is -2.42. The summed E-state index contributed by atoms with van der Waals surface area (Å²) in [6.45, 7) is 1.69. The number of halogens is 1. The van der Waals surface area contributed by atoms with Gasteiger partial charge in [0.25, 0.3) is 0 Å². The number of hydrogen-bond donors (Lipinski definition) is 1. The highest BCUT2D eigenvalue weighted by molar-refractivity contribution is 7.88. The van der Waals surface area contributed by atoms with E-state index in [4.69, 9.17) is 0 Å². The third kappa shape index (κ3) is 5.64. The summed E-state index contributed by atoms with van der Waals surface area (Å²) in [5, 5.41) is 2.66. The van der Waals surface area contributed by atoms with Crippen molar-refractivity contribution in [1.82, 2.24) is 9.62 Å². The fraction of sp³-hybridized carbons (Fsp3) is 0.316. The van der Waals surface area contributed by atoms with Gasteiger partial charge < -0.3 is 5.32 Å². The summed E-state index contributed by atoms with van der Waals surface area (Å²) in [5.41, 5.74) is 1.31. The van der Waals surface area contributed by atoms with Gasteiger partial charge >= 0.3 is 0 Å².